The molecule has 11 heteroatoms. The number of aromatic nitrogens is 1. The van der Waals surface area contributed by atoms with E-state index in [1.54, 1.807) is 24.3 Å². The molecule has 0 radical (unpaired) electrons. The molecular weight excluding hydrogens is 473 g/mol. The van der Waals surface area contributed by atoms with E-state index in [2.05, 4.69) is 25.9 Å². The molecule has 9 nitrogen and oxygen atoms in total. The Hall–Kier alpha value is -3.47. The molecule has 1 aromatic carbocycles. The summed E-state index contributed by atoms with van der Waals surface area (Å²) < 4.78 is 14.6. The Morgan fingerprint density at radius 3 is 2.66 bits per heavy atom. The molecule has 2 atom stereocenters. The Morgan fingerprint density at radius 2 is 2.00 bits per heavy atom. The number of carboxylic acids is 1. The van der Waals surface area contributed by atoms with Crippen molar-refractivity contribution >= 4 is 46.2 Å². The van der Waals surface area contributed by atoms with Gasteiger partial charge < -0.3 is 15.7 Å². The van der Waals surface area contributed by atoms with Gasteiger partial charge in [0.15, 0.2) is 0 Å². The van der Waals surface area contributed by atoms with Crippen molar-refractivity contribution < 1.29 is 23.9 Å². The van der Waals surface area contributed by atoms with E-state index in [-0.39, 0.29) is 41.6 Å². The summed E-state index contributed by atoms with van der Waals surface area (Å²) in [6.07, 6.45) is 2.14. The van der Waals surface area contributed by atoms with Gasteiger partial charge in [0, 0.05) is 11.4 Å². The zero-order valence-electron chi connectivity index (χ0n) is 19.5. The number of carbonyl (C=O) groups is 3. The summed E-state index contributed by atoms with van der Waals surface area (Å²) in [6, 6.07) is 8.23. The van der Waals surface area contributed by atoms with E-state index in [0.717, 1.165) is 5.04 Å². The smallest absolute Gasteiger partial charge is 0.324 e. The second-order valence-corrected chi connectivity index (χ2v) is 9.87. The van der Waals surface area contributed by atoms with Crippen LogP contribution in [0.2, 0.25) is 0 Å². The fourth-order valence-electron chi connectivity index (χ4n) is 3.53. The van der Waals surface area contributed by atoms with Gasteiger partial charge in [0.1, 0.15) is 11.6 Å². The number of urea groups is 1. The van der Waals surface area contributed by atoms with Gasteiger partial charge >= 0.3 is 12.0 Å². The van der Waals surface area contributed by atoms with Crippen LogP contribution >= 0.6 is 11.8 Å². The van der Waals surface area contributed by atoms with Gasteiger partial charge in [0.25, 0.3) is 0 Å². The molecule has 35 heavy (non-hydrogen) atoms. The van der Waals surface area contributed by atoms with E-state index >= 15 is 0 Å². The number of rotatable bonds is 10. The molecule has 3 amide bonds. The standard InChI is InChI=1S/C24H28FN5O4S/c1-14(2)9-19(23-27-13-16(35-23)12-22(32)33)28-21(31)11-15-6-7-18(17(25)10-15)29-24(34)30-20-5-3-4-8-26-20/h3-8,10,14,16,19H,9,11-13H2,1-2H3,(H,28,31)(H,32,33)(H2,26,29,30,34). The van der Waals surface area contributed by atoms with Crippen LogP contribution in [0.15, 0.2) is 47.6 Å². The highest BCUT2D eigenvalue weighted by Gasteiger charge is 2.29. The van der Waals surface area contributed by atoms with Crippen LogP contribution in [-0.4, -0.2) is 50.9 Å². The first kappa shape index (κ1) is 26.1. The van der Waals surface area contributed by atoms with Crippen molar-refractivity contribution in [2.45, 2.75) is 44.4 Å². The predicted octanol–water partition coefficient (Wildman–Crippen LogP) is 3.93. The third kappa shape index (κ3) is 8.36. The lowest BCUT2D eigenvalue weighted by Crippen LogP contribution is -2.41. The second kappa shape index (κ2) is 12.3. The van der Waals surface area contributed by atoms with E-state index < -0.39 is 17.8 Å². The Balaban J connectivity index is 1.57. The molecule has 0 saturated carbocycles. The zero-order valence-corrected chi connectivity index (χ0v) is 20.3. The zero-order chi connectivity index (χ0) is 25.4. The number of benzene rings is 1. The Morgan fingerprint density at radius 1 is 1.20 bits per heavy atom. The molecule has 1 aliphatic heterocycles. The molecule has 2 heterocycles. The maximum Gasteiger partial charge on any atom is 0.324 e. The van der Waals surface area contributed by atoms with Crippen LogP contribution in [0, 0.1) is 11.7 Å². The number of anilines is 2. The molecule has 0 saturated heterocycles. The van der Waals surface area contributed by atoms with Crippen molar-refractivity contribution in [3.05, 3.63) is 54.0 Å². The molecule has 3 rings (SSSR count). The average molecular weight is 502 g/mol. The summed E-state index contributed by atoms with van der Waals surface area (Å²) in [6.45, 7) is 4.46. The van der Waals surface area contributed by atoms with Gasteiger partial charge in [-0.05, 0) is 42.2 Å². The summed E-state index contributed by atoms with van der Waals surface area (Å²) in [5.74, 6) is -1.24. The quantitative estimate of drug-likeness (QED) is 0.390. The highest BCUT2D eigenvalue weighted by molar-refractivity contribution is 8.14. The van der Waals surface area contributed by atoms with Gasteiger partial charge in [0.05, 0.1) is 36.2 Å². The summed E-state index contributed by atoms with van der Waals surface area (Å²) in [5, 5.41) is 17.5. The van der Waals surface area contributed by atoms with E-state index in [9.17, 15) is 18.8 Å². The molecule has 186 valence electrons. The van der Waals surface area contributed by atoms with Crippen molar-refractivity contribution in [1.29, 1.82) is 0 Å². The predicted molar refractivity (Wildman–Crippen MR) is 134 cm³/mol. The van der Waals surface area contributed by atoms with Gasteiger partial charge in [0.2, 0.25) is 5.91 Å². The van der Waals surface area contributed by atoms with Gasteiger partial charge in [-0.1, -0.05) is 26.0 Å². The summed E-state index contributed by atoms with van der Waals surface area (Å²) in [5.41, 5.74) is 0.421. The number of hydrogen-bond acceptors (Lipinski definition) is 6. The molecule has 1 aliphatic rings. The minimum atomic E-state index is -0.877. The maximum absolute atomic E-state index is 14.6. The van der Waals surface area contributed by atoms with E-state index in [0.29, 0.717) is 24.3 Å². The summed E-state index contributed by atoms with van der Waals surface area (Å²) >= 11 is 1.39. The number of carbonyl (C=O) groups excluding carboxylic acids is 2. The highest BCUT2D eigenvalue weighted by atomic mass is 32.2. The van der Waals surface area contributed by atoms with Gasteiger partial charge in [-0.3, -0.25) is 19.9 Å². The molecule has 0 spiro atoms. The second-order valence-electron chi connectivity index (χ2n) is 8.55. The van der Waals surface area contributed by atoms with Crippen LogP contribution in [0.25, 0.3) is 0 Å². The minimum Gasteiger partial charge on any atom is -0.481 e. The molecule has 2 aromatic rings. The van der Waals surface area contributed by atoms with Crippen LogP contribution in [0.4, 0.5) is 20.7 Å². The van der Waals surface area contributed by atoms with Gasteiger partial charge in [-0.25, -0.2) is 14.2 Å². The number of amides is 3. The topological polar surface area (TPSA) is 133 Å². The first-order chi connectivity index (χ1) is 16.7. The third-order valence-corrected chi connectivity index (χ3v) is 6.34. The largest absolute Gasteiger partial charge is 0.481 e. The molecule has 0 aliphatic carbocycles. The van der Waals surface area contributed by atoms with Crippen molar-refractivity contribution in [2.24, 2.45) is 10.9 Å². The number of pyridine rings is 1. The molecule has 0 bridgehead atoms. The number of nitrogens with zero attached hydrogens (tertiary/aromatic N) is 2. The summed E-state index contributed by atoms with van der Waals surface area (Å²) in [4.78, 5) is 44.2. The molecular formula is C24H28FN5O4S. The maximum atomic E-state index is 14.6. The van der Waals surface area contributed by atoms with E-state index in [4.69, 9.17) is 5.11 Å². The fraction of sp³-hybridized carbons (Fsp3) is 0.375. The number of halogens is 1. The highest BCUT2D eigenvalue weighted by Crippen LogP contribution is 2.28. The van der Waals surface area contributed by atoms with Gasteiger partial charge in [-0.2, -0.15) is 0 Å². The number of carboxylic acid groups (broad SMARTS) is 1. The molecule has 2 unspecified atom stereocenters. The minimum absolute atomic E-state index is 0.0134. The number of nitrogens with one attached hydrogen (secondary N) is 3. The Kier molecular flexibility index (Phi) is 9.18. The van der Waals surface area contributed by atoms with Crippen molar-refractivity contribution in [2.75, 3.05) is 17.2 Å². The molecule has 0 fully saturated rings. The summed E-state index contributed by atoms with van der Waals surface area (Å²) in [7, 11) is 0. The van der Waals surface area contributed by atoms with Gasteiger partial charge in [-0.15, -0.1) is 11.8 Å². The normalized spacial score (nSPS) is 15.9. The monoisotopic (exact) mass is 501 g/mol. The first-order valence-corrected chi connectivity index (χ1v) is 12.1. The lowest BCUT2D eigenvalue weighted by atomic mass is 10.0. The van der Waals surface area contributed by atoms with Crippen molar-refractivity contribution in [3.63, 3.8) is 0 Å². The van der Waals surface area contributed by atoms with Crippen molar-refractivity contribution in [3.8, 4) is 0 Å². The van der Waals surface area contributed by atoms with Crippen LogP contribution in [0.1, 0.15) is 32.3 Å². The fourth-order valence-corrected chi connectivity index (χ4v) is 4.72. The average Bonchev–Trinajstić information content (AvgIpc) is 3.23. The number of thioether (sulfide) groups is 1. The third-order valence-electron chi connectivity index (χ3n) is 5.03. The first-order valence-electron chi connectivity index (χ1n) is 11.2. The SMILES string of the molecule is CC(C)CC(NC(=O)Cc1ccc(NC(=O)Nc2ccccn2)c(F)c1)C1=NCC(CC(=O)O)S1. The number of aliphatic carboxylic acids is 1. The van der Waals surface area contributed by atoms with Crippen LogP contribution in [0.3, 0.4) is 0 Å². The van der Waals surface area contributed by atoms with E-state index in [1.807, 2.05) is 13.8 Å². The lowest BCUT2D eigenvalue weighted by Gasteiger charge is -2.21. The Bertz CT molecular complexity index is 1100. The number of hydrogen-bond donors (Lipinski definition) is 4. The molecule has 1 aromatic heterocycles. The number of aliphatic imine (C=N–C) groups is 1. The van der Waals surface area contributed by atoms with Crippen molar-refractivity contribution in [1.82, 2.24) is 10.3 Å². The van der Waals surface area contributed by atoms with Crippen LogP contribution < -0.4 is 16.0 Å². The lowest BCUT2D eigenvalue weighted by molar-refractivity contribution is -0.136. The van der Waals surface area contributed by atoms with E-state index in [1.165, 1.54) is 30.1 Å². The molecule has 4 N–H and O–H groups in total. The Labute approximate surface area is 207 Å². The van der Waals surface area contributed by atoms with Crippen LogP contribution in [0.5, 0.6) is 0 Å². The van der Waals surface area contributed by atoms with Crippen LogP contribution in [-0.2, 0) is 16.0 Å².